The molecule has 0 aliphatic carbocycles. The summed E-state index contributed by atoms with van der Waals surface area (Å²) in [4.78, 5) is 23.6. The first-order chi connectivity index (χ1) is 7.83. The van der Waals surface area contributed by atoms with E-state index >= 15 is 0 Å². The van der Waals surface area contributed by atoms with E-state index in [4.69, 9.17) is 0 Å². The third kappa shape index (κ3) is 2.16. The van der Waals surface area contributed by atoms with Crippen LogP contribution in [0.1, 0.15) is 0 Å². The summed E-state index contributed by atoms with van der Waals surface area (Å²) in [7, 11) is 5.47. The number of hydrogen-bond acceptors (Lipinski definition) is 3. The largest absolute Gasteiger partial charge is 1.00 e. The number of likely N-dealkylation sites (N-methyl/N-ethyl adjacent to an activating group) is 2. The molecule has 1 aliphatic heterocycles. The van der Waals surface area contributed by atoms with Crippen LogP contribution in [-0.4, -0.2) is 38.5 Å². The van der Waals surface area contributed by atoms with E-state index < -0.39 is 4.92 Å². The zero-order chi connectivity index (χ0) is 12.8. The summed E-state index contributed by atoms with van der Waals surface area (Å²) in [5.74, 6) is -0.0389. The molecule has 1 aliphatic rings. The molecule has 0 atom stereocenters. The fraction of sp³-hybridized carbons (Fsp3) is 0.364. The van der Waals surface area contributed by atoms with Gasteiger partial charge in [0.05, 0.1) is 19.0 Å². The van der Waals surface area contributed by atoms with E-state index in [-0.39, 0.29) is 24.0 Å². The quantitative estimate of drug-likeness (QED) is 0.342. The molecule has 0 bridgehead atoms. The first kappa shape index (κ1) is 14.4. The minimum atomic E-state index is -0.451. The second kappa shape index (κ2) is 4.55. The zero-order valence-corrected chi connectivity index (χ0v) is 11.1. The highest BCUT2D eigenvalue weighted by molar-refractivity contribution is 6.01. The number of nitro groups is 1. The van der Waals surface area contributed by atoms with Gasteiger partial charge in [-0.05, 0) is 0 Å². The number of rotatable bonds is 1. The van der Waals surface area contributed by atoms with Gasteiger partial charge in [-0.15, -0.1) is 0 Å². The Morgan fingerprint density at radius 3 is 2.56 bits per heavy atom. The van der Waals surface area contributed by atoms with Crippen LogP contribution in [0.25, 0.3) is 0 Å². The van der Waals surface area contributed by atoms with Crippen molar-refractivity contribution in [2.45, 2.75) is 0 Å². The molecule has 2 rings (SSSR count). The van der Waals surface area contributed by atoms with Gasteiger partial charge in [-0.25, -0.2) is 0 Å². The van der Waals surface area contributed by atoms with E-state index in [0.717, 1.165) is 5.69 Å². The normalized spacial score (nSPS) is 16.8. The van der Waals surface area contributed by atoms with E-state index in [1.165, 1.54) is 17.0 Å². The van der Waals surface area contributed by atoms with Gasteiger partial charge in [0.1, 0.15) is 5.69 Å². The molecule has 0 saturated carbocycles. The van der Waals surface area contributed by atoms with Crippen LogP contribution < -0.4 is 21.8 Å². The fourth-order valence-electron chi connectivity index (χ4n) is 2.07. The molecule has 0 fully saturated rings. The molecule has 1 aromatic carbocycles. The number of benzene rings is 1. The first-order valence-electron chi connectivity index (χ1n) is 5.21. The number of amides is 1. The van der Waals surface area contributed by atoms with Crippen LogP contribution in [0.3, 0.4) is 0 Å². The molecule has 0 aromatic heterocycles. The molecule has 0 radical (unpaired) electrons. The predicted octanol–water partition coefficient (Wildman–Crippen LogP) is -1.86. The SMILES string of the molecule is CN1C(=O)C[N+](C)(C)c2ccc([N+](=O)[O-])cc21.[Cl-]. The van der Waals surface area contributed by atoms with E-state index in [1.54, 1.807) is 13.1 Å². The van der Waals surface area contributed by atoms with Crippen molar-refractivity contribution in [1.82, 2.24) is 4.48 Å². The van der Waals surface area contributed by atoms with Gasteiger partial charge in [-0.2, -0.15) is 0 Å². The van der Waals surface area contributed by atoms with Crippen LogP contribution in [-0.2, 0) is 4.79 Å². The fourth-order valence-corrected chi connectivity index (χ4v) is 2.07. The van der Waals surface area contributed by atoms with Crippen molar-refractivity contribution in [3.05, 3.63) is 28.3 Å². The number of nitrogens with zero attached hydrogens (tertiary/aromatic N) is 3. The van der Waals surface area contributed by atoms with Crippen LogP contribution in [0.15, 0.2) is 18.2 Å². The molecule has 7 heteroatoms. The van der Waals surface area contributed by atoms with Crippen molar-refractivity contribution in [1.29, 1.82) is 0 Å². The minimum Gasteiger partial charge on any atom is -1.00 e. The van der Waals surface area contributed by atoms with Crippen molar-refractivity contribution >= 4 is 23.0 Å². The van der Waals surface area contributed by atoms with Crippen molar-refractivity contribution < 1.29 is 22.1 Å². The summed E-state index contributed by atoms with van der Waals surface area (Å²) in [6.45, 7) is 0.362. The predicted molar refractivity (Wildman–Crippen MR) is 65.0 cm³/mol. The smallest absolute Gasteiger partial charge is 0.282 e. The average molecular weight is 272 g/mol. The Bertz CT molecular complexity index is 516. The summed E-state index contributed by atoms with van der Waals surface area (Å²) in [6, 6.07) is 4.64. The van der Waals surface area contributed by atoms with Gasteiger partial charge >= 0.3 is 0 Å². The number of nitro benzene ring substituents is 1. The number of quaternary nitrogens is 1. The molecule has 18 heavy (non-hydrogen) atoms. The Morgan fingerprint density at radius 2 is 2.00 bits per heavy atom. The van der Waals surface area contributed by atoms with E-state index in [1.807, 2.05) is 14.1 Å². The lowest BCUT2D eigenvalue weighted by Gasteiger charge is -2.37. The molecule has 0 spiro atoms. The molecular formula is C11H14ClN3O3. The van der Waals surface area contributed by atoms with Crippen molar-refractivity contribution in [2.75, 3.05) is 32.6 Å². The first-order valence-corrected chi connectivity index (χ1v) is 5.21. The number of hydrogen-bond donors (Lipinski definition) is 0. The summed E-state index contributed by atoms with van der Waals surface area (Å²) in [6.07, 6.45) is 0. The minimum absolute atomic E-state index is 0. The van der Waals surface area contributed by atoms with Gasteiger partial charge in [-0.1, -0.05) is 0 Å². The molecule has 0 unspecified atom stereocenters. The average Bonchev–Trinajstić information content (AvgIpc) is 2.25. The number of non-ortho nitro benzene ring substituents is 1. The van der Waals surface area contributed by atoms with Crippen LogP contribution in [0.5, 0.6) is 0 Å². The standard InChI is InChI=1S/C11H14N3O3.ClH/c1-12-9-6-8(13(16)17)4-5-10(9)14(2,3)7-11(12)15;/h4-6H,7H2,1-3H3;1H/q+1;/p-1. The highest BCUT2D eigenvalue weighted by atomic mass is 35.5. The Hall–Kier alpha value is -1.66. The van der Waals surface area contributed by atoms with E-state index in [0.29, 0.717) is 16.7 Å². The number of halogens is 1. The molecule has 0 saturated heterocycles. The summed E-state index contributed by atoms with van der Waals surface area (Å²) in [5.41, 5.74) is 1.53. The molecule has 1 heterocycles. The molecule has 0 N–H and O–H groups in total. The Balaban J connectivity index is 0.00000162. The lowest BCUT2D eigenvalue weighted by molar-refractivity contribution is -0.384. The van der Waals surface area contributed by atoms with Crippen LogP contribution in [0, 0.1) is 10.1 Å². The molecule has 98 valence electrons. The van der Waals surface area contributed by atoms with E-state index in [9.17, 15) is 14.9 Å². The summed E-state index contributed by atoms with van der Waals surface area (Å²) < 4.78 is 0.413. The number of anilines is 1. The Labute approximate surface area is 111 Å². The number of fused-ring (bicyclic) bond motifs is 1. The van der Waals surface area contributed by atoms with Gasteiger partial charge in [0, 0.05) is 25.2 Å². The van der Waals surface area contributed by atoms with E-state index in [2.05, 4.69) is 0 Å². The summed E-state index contributed by atoms with van der Waals surface area (Å²) in [5, 5.41) is 10.7. The molecule has 6 nitrogen and oxygen atoms in total. The van der Waals surface area contributed by atoms with Gasteiger partial charge in [0.2, 0.25) is 0 Å². The third-order valence-corrected chi connectivity index (χ3v) is 3.09. The number of carbonyl (C=O) groups excluding carboxylic acids is 1. The van der Waals surface area contributed by atoms with Crippen molar-refractivity contribution in [3.63, 3.8) is 0 Å². The highest BCUT2D eigenvalue weighted by Crippen LogP contribution is 2.37. The maximum atomic E-state index is 11.8. The van der Waals surface area contributed by atoms with Crippen LogP contribution in [0.2, 0.25) is 0 Å². The lowest BCUT2D eigenvalue weighted by atomic mass is 10.1. The Morgan fingerprint density at radius 1 is 1.39 bits per heavy atom. The van der Waals surface area contributed by atoms with Gasteiger partial charge in [0.15, 0.2) is 12.2 Å². The third-order valence-electron chi connectivity index (χ3n) is 3.09. The van der Waals surface area contributed by atoms with Crippen molar-refractivity contribution in [2.24, 2.45) is 0 Å². The second-order valence-corrected chi connectivity index (χ2v) is 4.73. The van der Waals surface area contributed by atoms with Gasteiger partial charge in [0.25, 0.3) is 11.6 Å². The van der Waals surface area contributed by atoms with Gasteiger partial charge in [-0.3, -0.25) is 19.4 Å². The maximum absolute atomic E-state index is 11.8. The monoisotopic (exact) mass is 271 g/mol. The van der Waals surface area contributed by atoms with Crippen molar-refractivity contribution in [3.8, 4) is 0 Å². The Kier molecular flexibility index (Phi) is 3.64. The lowest BCUT2D eigenvalue weighted by Crippen LogP contribution is -3.00. The second-order valence-electron chi connectivity index (χ2n) is 4.73. The topological polar surface area (TPSA) is 63.5 Å². The van der Waals surface area contributed by atoms with Crippen LogP contribution in [0.4, 0.5) is 17.1 Å². The number of carbonyl (C=O) groups is 1. The molecular weight excluding hydrogens is 258 g/mol. The maximum Gasteiger partial charge on any atom is 0.282 e. The molecule has 1 amide bonds. The zero-order valence-electron chi connectivity index (χ0n) is 10.4. The van der Waals surface area contributed by atoms with Gasteiger partial charge < -0.3 is 17.3 Å². The highest BCUT2D eigenvalue weighted by Gasteiger charge is 2.36. The summed E-state index contributed by atoms with van der Waals surface area (Å²) >= 11 is 0. The van der Waals surface area contributed by atoms with Crippen LogP contribution >= 0.6 is 0 Å². The molecule has 1 aromatic rings.